The summed E-state index contributed by atoms with van der Waals surface area (Å²) in [5.74, 6) is -2.90. The third-order valence-corrected chi connectivity index (χ3v) is 3.88. The van der Waals surface area contributed by atoms with E-state index in [2.05, 4.69) is 10.6 Å². The number of amides is 1. The molecule has 1 aliphatic heterocycles. The molecule has 0 spiro atoms. The highest BCUT2D eigenvalue weighted by Crippen LogP contribution is 2.23. The minimum atomic E-state index is -1.27. The average Bonchev–Trinajstić information content (AvgIpc) is 2.62. The second kappa shape index (κ2) is 7.96. The molecule has 1 saturated heterocycles. The summed E-state index contributed by atoms with van der Waals surface area (Å²) in [5.41, 5.74) is 1.97. The van der Waals surface area contributed by atoms with Crippen molar-refractivity contribution in [2.45, 2.75) is 26.1 Å². The topological polar surface area (TPSA) is 93.7 Å². The van der Waals surface area contributed by atoms with E-state index in [9.17, 15) is 14.4 Å². The van der Waals surface area contributed by atoms with Crippen LogP contribution in [0.3, 0.4) is 0 Å². The van der Waals surface area contributed by atoms with Crippen molar-refractivity contribution in [3.8, 4) is 0 Å². The Morgan fingerprint density at radius 1 is 0.929 bits per heavy atom. The Morgan fingerprint density at radius 2 is 1.50 bits per heavy atom. The maximum Gasteiger partial charge on any atom is 0.350 e. The van der Waals surface area contributed by atoms with Crippen LogP contribution in [0.2, 0.25) is 0 Å². The van der Waals surface area contributed by atoms with Gasteiger partial charge in [-0.05, 0) is 29.8 Å². The molecule has 1 amide bonds. The van der Waals surface area contributed by atoms with Gasteiger partial charge in [0.1, 0.15) is 0 Å². The summed E-state index contributed by atoms with van der Waals surface area (Å²) in [7, 11) is 0. The number of esters is 2. The predicted octanol–water partition coefficient (Wildman–Crippen LogP) is 3.00. The molecule has 2 N–H and O–H groups in total. The lowest BCUT2D eigenvalue weighted by molar-refractivity contribution is -0.222. The first kappa shape index (κ1) is 19.2. The highest BCUT2D eigenvalue weighted by Gasteiger charge is 2.38. The van der Waals surface area contributed by atoms with Crippen molar-refractivity contribution in [2.75, 3.05) is 10.6 Å². The number of hydrogen-bond acceptors (Lipinski definition) is 6. The van der Waals surface area contributed by atoms with Crippen molar-refractivity contribution in [3.63, 3.8) is 0 Å². The normalized spacial score (nSPS) is 15.3. The Kier molecular flexibility index (Phi) is 5.44. The van der Waals surface area contributed by atoms with Crippen LogP contribution in [-0.2, 0) is 30.3 Å². The molecule has 3 rings (SSSR count). The van der Waals surface area contributed by atoms with Crippen LogP contribution in [0, 0.1) is 0 Å². The molecule has 0 saturated carbocycles. The number of ether oxygens (including phenoxy) is 2. The van der Waals surface area contributed by atoms with Gasteiger partial charge in [-0.2, -0.15) is 0 Å². The number of rotatable bonds is 5. The molecule has 2 aromatic rings. The van der Waals surface area contributed by atoms with Gasteiger partial charge in [0.2, 0.25) is 5.91 Å². The van der Waals surface area contributed by atoms with Crippen LogP contribution in [0.15, 0.2) is 66.4 Å². The summed E-state index contributed by atoms with van der Waals surface area (Å²) in [5, 5.41) is 5.66. The quantitative estimate of drug-likeness (QED) is 0.471. The Hall–Kier alpha value is -3.61. The number of nitrogens with one attached hydrogen (secondary N) is 2. The zero-order chi connectivity index (χ0) is 20.1. The molecule has 1 aliphatic rings. The van der Waals surface area contributed by atoms with Crippen LogP contribution in [-0.4, -0.2) is 23.6 Å². The maximum absolute atomic E-state index is 12.1. The van der Waals surface area contributed by atoms with Crippen LogP contribution >= 0.6 is 0 Å². The largest absolute Gasteiger partial charge is 0.419 e. The van der Waals surface area contributed by atoms with Crippen LogP contribution in [0.1, 0.15) is 19.4 Å². The smallest absolute Gasteiger partial charge is 0.350 e. The molecule has 0 atom stereocenters. The van der Waals surface area contributed by atoms with Crippen molar-refractivity contribution in [1.29, 1.82) is 0 Å². The lowest BCUT2D eigenvalue weighted by Crippen LogP contribution is -2.42. The molecule has 0 aliphatic carbocycles. The molecule has 144 valence electrons. The van der Waals surface area contributed by atoms with Crippen molar-refractivity contribution in [3.05, 3.63) is 71.9 Å². The third-order valence-electron chi connectivity index (χ3n) is 3.88. The fourth-order valence-electron chi connectivity index (χ4n) is 2.57. The van der Waals surface area contributed by atoms with Gasteiger partial charge in [0.05, 0.1) is 6.42 Å². The summed E-state index contributed by atoms with van der Waals surface area (Å²) in [6.45, 7) is 2.97. The van der Waals surface area contributed by atoms with E-state index in [0.717, 1.165) is 5.56 Å². The van der Waals surface area contributed by atoms with Crippen molar-refractivity contribution >= 4 is 29.2 Å². The van der Waals surface area contributed by atoms with Crippen molar-refractivity contribution in [1.82, 2.24) is 0 Å². The van der Waals surface area contributed by atoms with E-state index in [0.29, 0.717) is 11.4 Å². The van der Waals surface area contributed by atoms with Crippen LogP contribution < -0.4 is 10.6 Å². The molecule has 0 aromatic heterocycles. The summed E-state index contributed by atoms with van der Waals surface area (Å²) >= 11 is 0. The third kappa shape index (κ3) is 4.97. The van der Waals surface area contributed by atoms with E-state index < -0.39 is 17.7 Å². The number of benzene rings is 2. The molecule has 7 nitrogen and oxygen atoms in total. The fraction of sp³-hybridized carbons (Fsp3) is 0.190. The SMILES string of the molecule is CC1(C)OC(=O)C(=CNc2ccc(NC(=O)Cc3ccccc3)cc2)C(=O)O1. The van der Waals surface area contributed by atoms with E-state index in [-0.39, 0.29) is 17.9 Å². The van der Waals surface area contributed by atoms with Gasteiger partial charge in [0.15, 0.2) is 5.57 Å². The van der Waals surface area contributed by atoms with E-state index in [1.807, 2.05) is 30.3 Å². The maximum atomic E-state index is 12.1. The van der Waals surface area contributed by atoms with E-state index >= 15 is 0 Å². The molecule has 1 fully saturated rings. The summed E-state index contributed by atoms with van der Waals surface area (Å²) in [6.07, 6.45) is 1.52. The minimum Gasteiger partial charge on any atom is -0.419 e. The van der Waals surface area contributed by atoms with Gasteiger partial charge in [-0.3, -0.25) is 4.79 Å². The number of hydrogen-bond donors (Lipinski definition) is 2. The molecular formula is C21H20N2O5. The van der Waals surface area contributed by atoms with Crippen LogP contribution in [0.25, 0.3) is 0 Å². The van der Waals surface area contributed by atoms with Gasteiger partial charge in [-0.25, -0.2) is 9.59 Å². The molecule has 28 heavy (non-hydrogen) atoms. The molecular weight excluding hydrogens is 360 g/mol. The Bertz CT molecular complexity index is 896. The van der Waals surface area contributed by atoms with Gasteiger partial charge in [-0.15, -0.1) is 0 Å². The molecule has 1 heterocycles. The van der Waals surface area contributed by atoms with Crippen LogP contribution in [0.4, 0.5) is 11.4 Å². The second-order valence-electron chi connectivity index (χ2n) is 6.67. The highest BCUT2D eigenvalue weighted by atomic mass is 16.7. The van der Waals surface area contributed by atoms with E-state index in [1.165, 1.54) is 20.0 Å². The molecule has 7 heteroatoms. The first-order valence-electron chi connectivity index (χ1n) is 8.70. The summed E-state index contributed by atoms with van der Waals surface area (Å²) in [4.78, 5) is 35.9. The minimum absolute atomic E-state index is 0.121. The number of carbonyl (C=O) groups excluding carboxylic acids is 3. The molecule has 0 unspecified atom stereocenters. The summed E-state index contributed by atoms with van der Waals surface area (Å²) < 4.78 is 10.0. The average molecular weight is 380 g/mol. The van der Waals surface area contributed by atoms with E-state index in [4.69, 9.17) is 9.47 Å². The zero-order valence-electron chi connectivity index (χ0n) is 15.5. The lowest BCUT2D eigenvalue weighted by atomic mass is 10.1. The van der Waals surface area contributed by atoms with Gasteiger partial charge in [-0.1, -0.05) is 30.3 Å². The monoisotopic (exact) mass is 380 g/mol. The zero-order valence-corrected chi connectivity index (χ0v) is 15.5. The standard InChI is InChI=1S/C21H20N2O5/c1-21(2)27-19(25)17(20(26)28-21)13-22-15-8-10-16(11-9-15)23-18(24)12-14-6-4-3-5-7-14/h3-11,13,22H,12H2,1-2H3,(H,23,24). The number of anilines is 2. The first-order chi connectivity index (χ1) is 13.3. The van der Waals surface area contributed by atoms with E-state index in [1.54, 1.807) is 24.3 Å². The number of cyclic esters (lactones) is 2. The molecule has 2 aromatic carbocycles. The first-order valence-corrected chi connectivity index (χ1v) is 8.70. The van der Waals surface area contributed by atoms with Crippen molar-refractivity contribution in [2.24, 2.45) is 0 Å². The van der Waals surface area contributed by atoms with Crippen molar-refractivity contribution < 1.29 is 23.9 Å². The molecule has 0 bridgehead atoms. The predicted molar refractivity (Wildman–Crippen MR) is 103 cm³/mol. The lowest BCUT2D eigenvalue weighted by Gasteiger charge is -2.29. The number of carbonyl (C=O) groups is 3. The summed E-state index contributed by atoms with van der Waals surface area (Å²) in [6, 6.07) is 16.3. The van der Waals surface area contributed by atoms with Gasteiger partial charge >= 0.3 is 11.9 Å². The fourth-order valence-corrected chi connectivity index (χ4v) is 2.57. The van der Waals surface area contributed by atoms with Gasteiger partial charge in [0.25, 0.3) is 5.79 Å². The van der Waals surface area contributed by atoms with Gasteiger partial charge < -0.3 is 20.1 Å². The highest BCUT2D eigenvalue weighted by molar-refractivity contribution is 6.15. The van der Waals surface area contributed by atoms with Crippen LogP contribution in [0.5, 0.6) is 0 Å². The Balaban J connectivity index is 1.58. The Morgan fingerprint density at radius 3 is 2.11 bits per heavy atom. The molecule has 0 radical (unpaired) electrons. The van der Waals surface area contributed by atoms with Gasteiger partial charge in [0, 0.05) is 31.4 Å². The second-order valence-corrected chi connectivity index (χ2v) is 6.67. The Labute approximate surface area is 162 Å².